The maximum atomic E-state index is 11.8. The largest absolute Gasteiger partial charge is 0.471 e. The van der Waals surface area contributed by atoms with Gasteiger partial charge in [0.25, 0.3) is 0 Å². The van der Waals surface area contributed by atoms with Gasteiger partial charge in [-0.05, 0) is 13.0 Å². The van der Waals surface area contributed by atoms with Gasteiger partial charge in [0, 0.05) is 6.20 Å². The molecule has 0 spiro atoms. The summed E-state index contributed by atoms with van der Waals surface area (Å²) in [5.41, 5.74) is 0.333. The van der Waals surface area contributed by atoms with Crippen LogP contribution in [0.15, 0.2) is 12.3 Å². The minimum absolute atomic E-state index is 0.262. The molecule has 1 amide bonds. The molecule has 0 atom stereocenters. The van der Waals surface area contributed by atoms with E-state index in [0.717, 1.165) is 0 Å². The van der Waals surface area contributed by atoms with Gasteiger partial charge in [-0.15, -0.1) is 0 Å². The first-order valence-corrected chi connectivity index (χ1v) is 4.03. The minimum Gasteiger partial charge on any atom is -0.343 e. The Bertz CT molecular complexity index is 364. The highest BCUT2D eigenvalue weighted by molar-refractivity contribution is 5.81. The molecule has 1 rings (SSSR count). The second kappa shape index (κ2) is 4.24. The lowest BCUT2D eigenvalue weighted by molar-refractivity contribution is -0.173. The number of rotatable bonds is 2. The van der Waals surface area contributed by atoms with E-state index in [1.54, 1.807) is 12.2 Å². The Morgan fingerprint density at radius 2 is 2.20 bits per heavy atom. The summed E-state index contributed by atoms with van der Waals surface area (Å²) in [4.78, 5) is 18.0. The van der Waals surface area contributed by atoms with Crippen molar-refractivity contribution >= 4 is 5.91 Å². The number of aromatic nitrogens is 2. The summed E-state index contributed by atoms with van der Waals surface area (Å²) in [6.45, 7) is 1.34. The summed E-state index contributed by atoms with van der Waals surface area (Å²) in [5, 5.41) is 1.71. The number of amides is 1. The third-order valence-corrected chi connectivity index (χ3v) is 1.52. The Hall–Kier alpha value is -1.66. The lowest BCUT2D eigenvalue weighted by atomic mass is 10.4. The molecule has 0 saturated carbocycles. The SMILES string of the molecule is Cc1nccc(CNC(=O)C(F)(F)F)n1. The molecular formula is C8H8F3N3O. The van der Waals surface area contributed by atoms with Gasteiger partial charge in [0.2, 0.25) is 0 Å². The molecule has 0 aromatic carbocycles. The number of alkyl halides is 3. The van der Waals surface area contributed by atoms with Gasteiger partial charge in [-0.3, -0.25) is 4.79 Å². The quantitative estimate of drug-likeness (QED) is 0.806. The second-order valence-corrected chi connectivity index (χ2v) is 2.78. The van der Waals surface area contributed by atoms with Crippen LogP contribution in [0.4, 0.5) is 13.2 Å². The van der Waals surface area contributed by atoms with Crippen LogP contribution in [-0.2, 0) is 11.3 Å². The fourth-order valence-electron chi connectivity index (χ4n) is 0.875. The fourth-order valence-corrected chi connectivity index (χ4v) is 0.875. The zero-order valence-corrected chi connectivity index (χ0v) is 7.80. The van der Waals surface area contributed by atoms with Crippen molar-refractivity contribution in [2.24, 2.45) is 0 Å². The predicted octanol–water partition coefficient (Wildman–Crippen LogP) is 0.964. The Balaban J connectivity index is 2.55. The molecule has 1 N–H and O–H groups in total. The van der Waals surface area contributed by atoms with Crippen LogP contribution in [-0.4, -0.2) is 22.1 Å². The molecule has 4 nitrogen and oxygen atoms in total. The van der Waals surface area contributed by atoms with Gasteiger partial charge in [-0.25, -0.2) is 9.97 Å². The van der Waals surface area contributed by atoms with Crippen molar-refractivity contribution in [2.45, 2.75) is 19.6 Å². The third kappa shape index (κ3) is 3.53. The topological polar surface area (TPSA) is 54.9 Å². The molecule has 0 radical (unpaired) electrons. The number of nitrogens with one attached hydrogen (secondary N) is 1. The fraction of sp³-hybridized carbons (Fsp3) is 0.375. The average Bonchev–Trinajstić information content (AvgIpc) is 2.12. The molecule has 0 aliphatic carbocycles. The molecule has 82 valence electrons. The number of aryl methyl sites for hydroxylation is 1. The van der Waals surface area contributed by atoms with Crippen molar-refractivity contribution in [1.29, 1.82) is 0 Å². The van der Waals surface area contributed by atoms with Crippen LogP contribution in [0.3, 0.4) is 0 Å². The average molecular weight is 219 g/mol. The highest BCUT2D eigenvalue weighted by Crippen LogP contribution is 2.14. The smallest absolute Gasteiger partial charge is 0.343 e. The number of hydrogen-bond acceptors (Lipinski definition) is 3. The first-order valence-electron chi connectivity index (χ1n) is 4.03. The lowest BCUT2D eigenvalue weighted by Crippen LogP contribution is -2.36. The van der Waals surface area contributed by atoms with E-state index in [2.05, 4.69) is 9.97 Å². The number of carbonyl (C=O) groups is 1. The predicted molar refractivity (Wildman–Crippen MR) is 44.7 cm³/mol. The lowest BCUT2D eigenvalue weighted by Gasteiger charge is -2.07. The Labute approximate surface area is 83.5 Å². The highest BCUT2D eigenvalue weighted by Gasteiger charge is 2.38. The van der Waals surface area contributed by atoms with Crippen LogP contribution >= 0.6 is 0 Å². The van der Waals surface area contributed by atoms with Crippen molar-refractivity contribution in [2.75, 3.05) is 0 Å². The van der Waals surface area contributed by atoms with Gasteiger partial charge < -0.3 is 5.32 Å². The molecule has 15 heavy (non-hydrogen) atoms. The molecular weight excluding hydrogens is 211 g/mol. The molecule has 1 aromatic rings. The van der Waals surface area contributed by atoms with Crippen molar-refractivity contribution in [3.63, 3.8) is 0 Å². The van der Waals surface area contributed by atoms with Gasteiger partial charge in [-0.1, -0.05) is 0 Å². The monoisotopic (exact) mass is 219 g/mol. The number of halogens is 3. The Morgan fingerprint density at radius 1 is 1.53 bits per heavy atom. The summed E-state index contributed by atoms with van der Waals surface area (Å²) in [5.74, 6) is -1.53. The van der Waals surface area contributed by atoms with E-state index < -0.39 is 12.1 Å². The maximum Gasteiger partial charge on any atom is 0.471 e. The Kier molecular flexibility index (Phi) is 3.23. The van der Waals surface area contributed by atoms with Crippen LogP contribution in [0.25, 0.3) is 0 Å². The van der Waals surface area contributed by atoms with E-state index in [-0.39, 0.29) is 6.54 Å². The van der Waals surface area contributed by atoms with Gasteiger partial charge in [0.15, 0.2) is 0 Å². The maximum absolute atomic E-state index is 11.8. The number of hydrogen-bond donors (Lipinski definition) is 1. The van der Waals surface area contributed by atoms with Crippen LogP contribution in [0.2, 0.25) is 0 Å². The highest BCUT2D eigenvalue weighted by atomic mass is 19.4. The van der Waals surface area contributed by atoms with Crippen LogP contribution in [0.1, 0.15) is 11.5 Å². The van der Waals surface area contributed by atoms with Crippen LogP contribution < -0.4 is 5.32 Å². The van der Waals surface area contributed by atoms with E-state index in [0.29, 0.717) is 11.5 Å². The summed E-state index contributed by atoms with van der Waals surface area (Å²) in [7, 11) is 0. The molecule has 0 aliphatic rings. The molecule has 1 aromatic heterocycles. The van der Waals surface area contributed by atoms with Crippen molar-refractivity contribution in [3.05, 3.63) is 23.8 Å². The third-order valence-electron chi connectivity index (χ3n) is 1.52. The van der Waals surface area contributed by atoms with Crippen LogP contribution in [0.5, 0.6) is 0 Å². The van der Waals surface area contributed by atoms with Crippen LogP contribution in [0, 0.1) is 6.92 Å². The number of carbonyl (C=O) groups excluding carboxylic acids is 1. The molecule has 0 unspecified atom stereocenters. The first-order chi connectivity index (χ1) is 6.89. The molecule has 0 saturated heterocycles. The first kappa shape index (κ1) is 11.4. The standard InChI is InChI=1S/C8H8F3N3O/c1-5-12-3-2-6(14-5)4-13-7(15)8(9,10)11/h2-3H,4H2,1H3,(H,13,15). The van der Waals surface area contributed by atoms with E-state index in [1.807, 2.05) is 0 Å². The molecule has 0 bridgehead atoms. The van der Waals surface area contributed by atoms with Gasteiger partial charge in [0.05, 0.1) is 12.2 Å². The van der Waals surface area contributed by atoms with Crippen molar-refractivity contribution in [3.8, 4) is 0 Å². The normalized spacial score (nSPS) is 11.2. The summed E-state index contributed by atoms with van der Waals surface area (Å²) in [6.07, 6.45) is -3.44. The molecule has 7 heteroatoms. The molecule has 0 aliphatic heterocycles. The summed E-state index contributed by atoms with van der Waals surface area (Å²) < 4.78 is 35.4. The van der Waals surface area contributed by atoms with Crippen molar-refractivity contribution < 1.29 is 18.0 Å². The molecule has 1 heterocycles. The van der Waals surface area contributed by atoms with E-state index >= 15 is 0 Å². The second-order valence-electron chi connectivity index (χ2n) is 2.78. The minimum atomic E-state index is -4.86. The number of nitrogens with zero attached hydrogens (tertiary/aromatic N) is 2. The Morgan fingerprint density at radius 3 is 2.73 bits per heavy atom. The zero-order valence-electron chi connectivity index (χ0n) is 7.80. The van der Waals surface area contributed by atoms with Gasteiger partial charge in [-0.2, -0.15) is 13.2 Å². The van der Waals surface area contributed by atoms with Gasteiger partial charge >= 0.3 is 12.1 Å². The molecule has 0 fully saturated rings. The zero-order chi connectivity index (χ0) is 11.5. The summed E-state index contributed by atoms with van der Waals surface area (Å²) in [6, 6.07) is 1.43. The van der Waals surface area contributed by atoms with Crippen molar-refractivity contribution in [1.82, 2.24) is 15.3 Å². The van der Waals surface area contributed by atoms with E-state index in [9.17, 15) is 18.0 Å². The van der Waals surface area contributed by atoms with Gasteiger partial charge in [0.1, 0.15) is 5.82 Å². The van der Waals surface area contributed by atoms with E-state index in [1.165, 1.54) is 12.3 Å². The summed E-state index contributed by atoms with van der Waals surface area (Å²) >= 11 is 0. The van der Waals surface area contributed by atoms with E-state index in [4.69, 9.17) is 0 Å².